The number of nitrogens with zero attached hydrogens (tertiary/aromatic N) is 3. The first-order valence-corrected chi connectivity index (χ1v) is 9.00. The van der Waals surface area contributed by atoms with Crippen LogP contribution in [0.1, 0.15) is 50.4 Å². The molecule has 1 aliphatic rings. The summed E-state index contributed by atoms with van der Waals surface area (Å²) in [6.07, 6.45) is 7.69. The summed E-state index contributed by atoms with van der Waals surface area (Å²) in [5, 5.41) is 4.60. The Bertz CT molecular complexity index is 427. The molecule has 0 radical (unpaired) electrons. The first kappa shape index (κ1) is 16.3. The van der Waals surface area contributed by atoms with Crippen molar-refractivity contribution in [1.29, 1.82) is 0 Å². The zero-order chi connectivity index (χ0) is 14.5. The van der Waals surface area contributed by atoms with Crippen LogP contribution in [0.25, 0.3) is 0 Å². The van der Waals surface area contributed by atoms with Crippen molar-refractivity contribution in [1.82, 2.24) is 14.7 Å². The summed E-state index contributed by atoms with van der Waals surface area (Å²) in [5.41, 5.74) is 2.43. The summed E-state index contributed by atoms with van der Waals surface area (Å²) in [6.45, 7) is 4.06. The molecule has 0 unspecified atom stereocenters. The highest BCUT2D eigenvalue weighted by atomic mass is 79.9. The average Bonchev–Trinajstić information content (AvgIpc) is 2.75. The first-order chi connectivity index (χ1) is 9.67. The average molecular weight is 363 g/mol. The van der Waals surface area contributed by atoms with Gasteiger partial charge in [0.1, 0.15) is 0 Å². The first-order valence-electron chi connectivity index (χ1n) is 7.67. The molecule has 0 N–H and O–H groups in total. The van der Waals surface area contributed by atoms with Crippen molar-refractivity contribution in [3.63, 3.8) is 0 Å². The lowest BCUT2D eigenvalue weighted by Crippen LogP contribution is -2.38. The third kappa shape index (κ3) is 3.77. The van der Waals surface area contributed by atoms with Gasteiger partial charge in [0.15, 0.2) is 0 Å². The van der Waals surface area contributed by atoms with Crippen LogP contribution in [0.5, 0.6) is 0 Å². The summed E-state index contributed by atoms with van der Waals surface area (Å²) in [7, 11) is 2.04. The summed E-state index contributed by atoms with van der Waals surface area (Å²) >= 11 is 9.74. The zero-order valence-electron chi connectivity index (χ0n) is 12.5. The Morgan fingerprint density at radius 3 is 2.60 bits per heavy atom. The maximum atomic E-state index is 6.02. The zero-order valence-corrected chi connectivity index (χ0v) is 14.9. The Labute approximate surface area is 135 Å². The van der Waals surface area contributed by atoms with Gasteiger partial charge in [0.2, 0.25) is 0 Å². The molecule has 2 rings (SSSR count). The van der Waals surface area contributed by atoms with E-state index >= 15 is 0 Å². The van der Waals surface area contributed by atoms with Crippen LogP contribution >= 0.6 is 27.5 Å². The predicted molar refractivity (Wildman–Crippen MR) is 88.3 cm³/mol. The van der Waals surface area contributed by atoms with Crippen molar-refractivity contribution in [2.75, 3.05) is 12.4 Å². The van der Waals surface area contributed by atoms with Gasteiger partial charge in [-0.05, 0) is 35.2 Å². The minimum absolute atomic E-state index is 0.689. The lowest BCUT2D eigenvalue weighted by molar-refractivity contribution is 0.153. The highest BCUT2D eigenvalue weighted by Gasteiger charge is 2.23. The van der Waals surface area contributed by atoms with Crippen LogP contribution in [0.3, 0.4) is 0 Å². The van der Waals surface area contributed by atoms with Gasteiger partial charge in [-0.15, -0.1) is 11.6 Å². The molecule has 1 aromatic heterocycles. The second-order valence-corrected chi connectivity index (χ2v) is 6.81. The maximum absolute atomic E-state index is 6.02. The van der Waals surface area contributed by atoms with Crippen LogP contribution in [0.15, 0.2) is 4.47 Å². The molecule has 0 bridgehead atoms. The Hall–Kier alpha value is -0.0600. The van der Waals surface area contributed by atoms with Gasteiger partial charge >= 0.3 is 0 Å². The summed E-state index contributed by atoms with van der Waals surface area (Å²) in [4.78, 5) is 2.55. The second-order valence-electron chi connectivity index (χ2n) is 5.64. The number of rotatable bonds is 6. The van der Waals surface area contributed by atoms with E-state index in [1.165, 1.54) is 42.3 Å². The van der Waals surface area contributed by atoms with Crippen LogP contribution in [-0.4, -0.2) is 33.1 Å². The molecule has 1 heterocycles. The normalized spacial score (nSPS) is 17.1. The van der Waals surface area contributed by atoms with E-state index in [1.54, 1.807) is 0 Å². The largest absolute Gasteiger partial charge is 0.293 e. The SMILES string of the molecule is CCc1nn(C)c(CN(CCCl)C2CCCCC2)c1Br. The molecule has 0 atom stereocenters. The van der Waals surface area contributed by atoms with E-state index in [0.29, 0.717) is 11.9 Å². The van der Waals surface area contributed by atoms with Crippen LogP contribution in [0, 0.1) is 0 Å². The molecule has 0 aromatic carbocycles. The van der Waals surface area contributed by atoms with E-state index in [2.05, 4.69) is 32.9 Å². The van der Waals surface area contributed by atoms with Crippen molar-refractivity contribution in [3.05, 3.63) is 15.9 Å². The standard InChI is InChI=1S/C15H25BrClN3/c1-3-13-15(16)14(19(2)18-13)11-20(10-9-17)12-7-5-4-6-8-12/h12H,3-11H2,1-2H3. The minimum atomic E-state index is 0.689. The molecule has 1 aromatic rings. The van der Waals surface area contributed by atoms with Gasteiger partial charge in [-0.2, -0.15) is 5.10 Å². The predicted octanol–water partition coefficient (Wildman–Crippen LogP) is 4.12. The molecular formula is C15H25BrClN3. The van der Waals surface area contributed by atoms with Crippen LogP contribution in [0.4, 0.5) is 0 Å². The quantitative estimate of drug-likeness (QED) is 0.710. The Kier molecular flexibility index (Phi) is 6.37. The van der Waals surface area contributed by atoms with E-state index in [1.807, 2.05) is 11.7 Å². The summed E-state index contributed by atoms with van der Waals surface area (Å²) < 4.78 is 3.20. The lowest BCUT2D eigenvalue weighted by Gasteiger charge is -2.34. The van der Waals surface area contributed by atoms with Gasteiger partial charge in [-0.3, -0.25) is 9.58 Å². The summed E-state index contributed by atoms with van der Waals surface area (Å²) in [5.74, 6) is 0.701. The second kappa shape index (κ2) is 7.81. The van der Waals surface area contributed by atoms with E-state index in [0.717, 1.165) is 25.2 Å². The minimum Gasteiger partial charge on any atom is -0.293 e. The molecule has 0 amide bonds. The van der Waals surface area contributed by atoms with Crippen molar-refractivity contribution in [2.24, 2.45) is 7.05 Å². The molecule has 20 heavy (non-hydrogen) atoms. The summed E-state index contributed by atoms with van der Waals surface area (Å²) in [6, 6.07) is 0.689. The number of hydrogen-bond donors (Lipinski definition) is 0. The highest BCUT2D eigenvalue weighted by Crippen LogP contribution is 2.27. The van der Waals surface area contributed by atoms with Crippen molar-refractivity contribution < 1.29 is 0 Å². The fraction of sp³-hybridized carbons (Fsp3) is 0.800. The van der Waals surface area contributed by atoms with Crippen molar-refractivity contribution >= 4 is 27.5 Å². The topological polar surface area (TPSA) is 21.1 Å². The van der Waals surface area contributed by atoms with E-state index in [9.17, 15) is 0 Å². The molecular weight excluding hydrogens is 338 g/mol. The Morgan fingerprint density at radius 2 is 2.05 bits per heavy atom. The van der Waals surface area contributed by atoms with Crippen molar-refractivity contribution in [3.8, 4) is 0 Å². The lowest BCUT2D eigenvalue weighted by atomic mass is 9.94. The fourth-order valence-electron chi connectivity index (χ4n) is 3.13. The van der Waals surface area contributed by atoms with E-state index in [4.69, 9.17) is 11.6 Å². The van der Waals surface area contributed by atoms with Gasteiger partial charge in [0, 0.05) is 32.1 Å². The van der Waals surface area contributed by atoms with Crippen LogP contribution < -0.4 is 0 Å². The molecule has 114 valence electrons. The number of alkyl halides is 1. The monoisotopic (exact) mass is 361 g/mol. The fourth-order valence-corrected chi connectivity index (χ4v) is 4.09. The number of aryl methyl sites for hydroxylation is 2. The Morgan fingerprint density at radius 1 is 1.35 bits per heavy atom. The number of hydrogen-bond acceptors (Lipinski definition) is 2. The van der Waals surface area contributed by atoms with Gasteiger partial charge in [-0.25, -0.2) is 0 Å². The third-order valence-corrected chi connectivity index (χ3v) is 5.40. The third-order valence-electron chi connectivity index (χ3n) is 4.32. The van der Waals surface area contributed by atoms with Crippen LogP contribution in [0.2, 0.25) is 0 Å². The smallest absolute Gasteiger partial charge is 0.0767 e. The van der Waals surface area contributed by atoms with Crippen LogP contribution in [-0.2, 0) is 20.0 Å². The number of aromatic nitrogens is 2. The van der Waals surface area contributed by atoms with E-state index < -0.39 is 0 Å². The highest BCUT2D eigenvalue weighted by molar-refractivity contribution is 9.10. The van der Waals surface area contributed by atoms with E-state index in [-0.39, 0.29) is 0 Å². The van der Waals surface area contributed by atoms with Gasteiger partial charge in [0.25, 0.3) is 0 Å². The molecule has 3 nitrogen and oxygen atoms in total. The molecule has 0 saturated heterocycles. The molecule has 1 saturated carbocycles. The molecule has 1 aliphatic carbocycles. The molecule has 0 spiro atoms. The van der Waals surface area contributed by atoms with Gasteiger partial charge in [0.05, 0.1) is 15.9 Å². The Balaban J connectivity index is 2.12. The van der Waals surface area contributed by atoms with Crippen molar-refractivity contribution in [2.45, 2.75) is 58.0 Å². The van der Waals surface area contributed by atoms with Gasteiger partial charge in [-0.1, -0.05) is 26.2 Å². The number of halogens is 2. The molecule has 5 heteroatoms. The maximum Gasteiger partial charge on any atom is 0.0767 e. The molecule has 0 aliphatic heterocycles. The van der Waals surface area contributed by atoms with Gasteiger partial charge < -0.3 is 0 Å². The molecule has 1 fully saturated rings.